The molecular formula is C13H31N2O+. The molecule has 0 aliphatic heterocycles. The van der Waals surface area contributed by atoms with Crippen molar-refractivity contribution in [2.45, 2.75) is 46.6 Å². The van der Waals surface area contributed by atoms with E-state index in [4.69, 9.17) is 0 Å². The molecule has 98 valence electrons. The molecule has 0 heterocycles. The summed E-state index contributed by atoms with van der Waals surface area (Å²) >= 11 is 0. The lowest BCUT2D eigenvalue weighted by atomic mass is 10.1. The summed E-state index contributed by atoms with van der Waals surface area (Å²) in [5.41, 5.74) is 0. The molecule has 0 bridgehead atoms. The number of nitrogens with one attached hydrogen (secondary N) is 1. The molecule has 0 rings (SSSR count). The van der Waals surface area contributed by atoms with E-state index in [1.165, 1.54) is 12.8 Å². The van der Waals surface area contributed by atoms with Crippen molar-refractivity contribution < 1.29 is 10.4 Å². The van der Waals surface area contributed by atoms with Crippen molar-refractivity contribution in [2.75, 3.05) is 26.2 Å². The average molecular weight is 231 g/mol. The van der Waals surface area contributed by atoms with E-state index in [9.17, 15) is 5.11 Å². The first-order valence-electron chi connectivity index (χ1n) is 6.80. The highest BCUT2D eigenvalue weighted by atomic mass is 16.3. The van der Waals surface area contributed by atoms with Crippen LogP contribution in [0.15, 0.2) is 0 Å². The van der Waals surface area contributed by atoms with Gasteiger partial charge < -0.3 is 15.7 Å². The lowest BCUT2D eigenvalue weighted by Gasteiger charge is -2.14. The van der Waals surface area contributed by atoms with Gasteiger partial charge in [-0.25, -0.2) is 0 Å². The van der Waals surface area contributed by atoms with E-state index in [0.717, 1.165) is 32.1 Å². The fourth-order valence-electron chi connectivity index (χ4n) is 1.46. The molecule has 0 aliphatic rings. The molecule has 3 unspecified atom stereocenters. The van der Waals surface area contributed by atoms with Crippen molar-refractivity contribution in [2.24, 2.45) is 11.8 Å². The smallest absolute Gasteiger partial charge is 0.115 e. The summed E-state index contributed by atoms with van der Waals surface area (Å²) in [4.78, 5) is 0. The summed E-state index contributed by atoms with van der Waals surface area (Å²) in [6, 6.07) is 0. The van der Waals surface area contributed by atoms with Crippen LogP contribution < -0.4 is 10.6 Å². The molecule has 16 heavy (non-hydrogen) atoms. The highest BCUT2D eigenvalue weighted by Crippen LogP contribution is 1.97. The normalized spacial score (nSPS) is 17.1. The standard InChI is InChI=1S/C13H30N2O/c1-5-11(3)7-14-9-13(16)10-15-8-12(4)6-2/h11-16H,5-10H2,1-4H3/p+1. The van der Waals surface area contributed by atoms with Gasteiger partial charge in [-0.1, -0.05) is 34.1 Å². The summed E-state index contributed by atoms with van der Waals surface area (Å²) in [6.45, 7) is 12.6. The Morgan fingerprint density at radius 1 is 1.00 bits per heavy atom. The summed E-state index contributed by atoms with van der Waals surface area (Å²) in [6.07, 6.45) is 2.20. The van der Waals surface area contributed by atoms with Crippen molar-refractivity contribution >= 4 is 0 Å². The van der Waals surface area contributed by atoms with Gasteiger partial charge in [0.05, 0.1) is 6.54 Å². The van der Waals surface area contributed by atoms with Gasteiger partial charge in [-0.3, -0.25) is 0 Å². The zero-order valence-electron chi connectivity index (χ0n) is 11.5. The minimum absolute atomic E-state index is 0.215. The van der Waals surface area contributed by atoms with Crippen LogP contribution in [0.2, 0.25) is 0 Å². The van der Waals surface area contributed by atoms with Crippen molar-refractivity contribution in [1.29, 1.82) is 0 Å². The molecule has 0 aromatic heterocycles. The monoisotopic (exact) mass is 231 g/mol. The van der Waals surface area contributed by atoms with E-state index in [2.05, 4.69) is 38.3 Å². The second-order valence-corrected chi connectivity index (χ2v) is 5.10. The third kappa shape index (κ3) is 9.13. The van der Waals surface area contributed by atoms with Gasteiger partial charge in [-0.05, 0) is 18.9 Å². The highest BCUT2D eigenvalue weighted by Gasteiger charge is 2.08. The number of hydrogen-bond donors (Lipinski definition) is 3. The van der Waals surface area contributed by atoms with Crippen LogP contribution in [0.4, 0.5) is 0 Å². The first-order chi connectivity index (χ1) is 7.60. The Morgan fingerprint density at radius 3 is 2.19 bits per heavy atom. The highest BCUT2D eigenvalue weighted by molar-refractivity contribution is 4.60. The van der Waals surface area contributed by atoms with Crippen LogP contribution in [0.25, 0.3) is 0 Å². The number of hydrogen-bond acceptors (Lipinski definition) is 2. The Hall–Kier alpha value is -0.120. The van der Waals surface area contributed by atoms with Gasteiger partial charge in [-0.2, -0.15) is 0 Å². The van der Waals surface area contributed by atoms with Gasteiger partial charge in [0.25, 0.3) is 0 Å². The number of aliphatic hydroxyl groups excluding tert-OH is 1. The lowest BCUT2D eigenvalue weighted by Crippen LogP contribution is -2.87. The average Bonchev–Trinajstić information content (AvgIpc) is 2.28. The van der Waals surface area contributed by atoms with Crippen LogP contribution in [0, 0.1) is 11.8 Å². The van der Waals surface area contributed by atoms with Crippen LogP contribution >= 0.6 is 0 Å². The fourth-order valence-corrected chi connectivity index (χ4v) is 1.46. The second kappa shape index (κ2) is 10.1. The van der Waals surface area contributed by atoms with Crippen molar-refractivity contribution in [3.8, 4) is 0 Å². The molecule has 0 saturated heterocycles. The maximum absolute atomic E-state index is 9.73. The molecule has 0 aromatic rings. The predicted molar refractivity (Wildman–Crippen MR) is 69.4 cm³/mol. The van der Waals surface area contributed by atoms with E-state index in [0.29, 0.717) is 5.92 Å². The van der Waals surface area contributed by atoms with Crippen LogP contribution in [0.5, 0.6) is 0 Å². The third-order valence-electron chi connectivity index (χ3n) is 3.27. The minimum Gasteiger partial charge on any atom is -0.386 e. The maximum Gasteiger partial charge on any atom is 0.115 e. The van der Waals surface area contributed by atoms with E-state index < -0.39 is 0 Å². The first-order valence-corrected chi connectivity index (χ1v) is 6.80. The second-order valence-electron chi connectivity index (χ2n) is 5.10. The van der Waals surface area contributed by atoms with Crippen LogP contribution in [0.3, 0.4) is 0 Å². The Labute approximate surface area is 101 Å². The van der Waals surface area contributed by atoms with Crippen molar-refractivity contribution in [1.82, 2.24) is 5.32 Å². The molecule has 0 saturated carbocycles. The van der Waals surface area contributed by atoms with Crippen molar-refractivity contribution in [3.63, 3.8) is 0 Å². The SMILES string of the molecule is CCC(C)CNCC(O)C[NH2+]CC(C)CC. The van der Waals surface area contributed by atoms with Gasteiger partial charge in [0, 0.05) is 12.5 Å². The zero-order valence-corrected chi connectivity index (χ0v) is 11.5. The first kappa shape index (κ1) is 15.9. The van der Waals surface area contributed by atoms with Gasteiger partial charge in [-0.15, -0.1) is 0 Å². The van der Waals surface area contributed by atoms with E-state index >= 15 is 0 Å². The summed E-state index contributed by atoms with van der Waals surface area (Å²) in [5, 5.41) is 15.3. The quantitative estimate of drug-likeness (QED) is 0.515. The van der Waals surface area contributed by atoms with Crippen LogP contribution in [0.1, 0.15) is 40.5 Å². The summed E-state index contributed by atoms with van der Waals surface area (Å²) in [7, 11) is 0. The molecule has 3 atom stereocenters. The van der Waals surface area contributed by atoms with Crippen LogP contribution in [-0.2, 0) is 0 Å². The minimum atomic E-state index is -0.215. The van der Waals surface area contributed by atoms with Gasteiger partial charge in [0.15, 0.2) is 0 Å². The fraction of sp³-hybridized carbons (Fsp3) is 1.00. The molecular weight excluding hydrogens is 200 g/mol. The third-order valence-corrected chi connectivity index (χ3v) is 3.27. The molecule has 3 heteroatoms. The number of rotatable bonds is 10. The Morgan fingerprint density at radius 2 is 1.62 bits per heavy atom. The summed E-state index contributed by atoms with van der Waals surface area (Å²) in [5.74, 6) is 1.46. The molecule has 0 spiro atoms. The van der Waals surface area contributed by atoms with Gasteiger partial charge >= 0.3 is 0 Å². The van der Waals surface area contributed by atoms with Gasteiger partial charge in [0.1, 0.15) is 12.6 Å². The molecule has 0 aromatic carbocycles. The van der Waals surface area contributed by atoms with Crippen molar-refractivity contribution in [3.05, 3.63) is 0 Å². The van der Waals surface area contributed by atoms with Gasteiger partial charge in [0.2, 0.25) is 0 Å². The predicted octanol–water partition coefficient (Wildman–Crippen LogP) is 0.593. The lowest BCUT2D eigenvalue weighted by molar-refractivity contribution is -0.665. The number of nitrogens with two attached hydrogens (primary N) is 1. The van der Waals surface area contributed by atoms with E-state index in [1.54, 1.807) is 0 Å². The molecule has 0 radical (unpaired) electrons. The Balaban J connectivity index is 3.34. The zero-order chi connectivity index (χ0) is 12.4. The van der Waals surface area contributed by atoms with Crippen LogP contribution in [-0.4, -0.2) is 37.4 Å². The molecule has 3 nitrogen and oxygen atoms in total. The molecule has 0 amide bonds. The number of aliphatic hydroxyl groups is 1. The van der Waals surface area contributed by atoms with E-state index in [-0.39, 0.29) is 6.10 Å². The maximum atomic E-state index is 9.73. The Bertz CT molecular complexity index is 137. The molecule has 0 fully saturated rings. The summed E-state index contributed by atoms with van der Waals surface area (Å²) < 4.78 is 0. The largest absolute Gasteiger partial charge is 0.386 e. The Kier molecular flexibility index (Phi) is 9.99. The topological polar surface area (TPSA) is 48.9 Å². The van der Waals surface area contributed by atoms with E-state index in [1.807, 2.05) is 0 Å². The molecule has 0 aliphatic carbocycles. The molecule has 4 N–H and O–H groups in total. The number of quaternary nitrogens is 1.